The van der Waals surface area contributed by atoms with E-state index in [0.717, 1.165) is 21.4 Å². The van der Waals surface area contributed by atoms with Gasteiger partial charge in [-0.3, -0.25) is 9.59 Å². The minimum Gasteiger partial charge on any atom is -0.325 e. The SMILES string of the molecule is CCc1cccc(N2C[C@@H](C(=O)Nc3ccccc3I)CC2=O)c1. The summed E-state index contributed by atoms with van der Waals surface area (Å²) < 4.78 is 0.986. The van der Waals surface area contributed by atoms with E-state index in [1.807, 2.05) is 48.5 Å². The molecule has 1 fully saturated rings. The molecule has 2 aromatic rings. The van der Waals surface area contributed by atoms with Crippen LogP contribution in [-0.4, -0.2) is 18.4 Å². The van der Waals surface area contributed by atoms with Crippen molar-refractivity contribution in [1.82, 2.24) is 0 Å². The van der Waals surface area contributed by atoms with E-state index in [1.165, 1.54) is 5.56 Å². The maximum atomic E-state index is 12.5. The number of anilines is 2. The molecule has 1 saturated heterocycles. The summed E-state index contributed by atoms with van der Waals surface area (Å²) in [7, 11) is 0. The van der Waals surface area contributed by atoms with Gasteiger partial charge in [-0.25, -0.2) is 0 Å². The zero-order valence-electron chi connectivity index (χ0n) is 13.5. The minimum absolute atomic E-state index is 0.00571. The van der Waals surface area contributed by atoms with E-state index >= 15 is 0 Å². The van der Waals surface area contributed by atoms with Gasteiger partial charge in [0, 0.05) is 22.2 Å². The molecular formula is C19H19IN2O2. The number of halogens is 1. The quantitative estimate of drug-likeness (QED) is 0.744. The average Bonchev–Trinajstić information content (AvgIpc) is 2.99. The number of hydrogen-bond acceptors (Lipinski definition) is 2. The molecule has 0 bridgehead atoms. The molecule has 0 unspecified atom stereocenters. The normalized spacial score (nSPS) is 17.2. The second-order valence-corrected chi connectivity index (χ2v) is 7.06. The summed E-state index contributed by atoms with van der Waals surface area (Å²) in [6.45, 7) is 2.52. The van der Waals surface area contributed by atoms with Crippen molar-refractivity contribution in [2.75, 3.05) is 16.8 Å². The van der Waals surface area contributed by atoms with Gasteiger partial charge in [0.15, 0.2) is 0 Å². The van der Waals surface area contributed by atoms with E-state index < -0.39 is 0 Å². The van der Waals surface area contributed by atoms with Crippen LogP contribution < -0.4 is 10.2 Å². The average molecular weight is 434 g/mol. The lowest BCUT2D eigenvalue weighted by molar-refractivity contribution is -0.122. The molecule has 1 aliphatic rings. The van der Waals surface area contributed by atoms with Crippen LogP contribution in [0.5, 0.6) is 0 Å². The molecule has 0 aromatic heterocycles. The third-order valence-corrected chi connectivity index (χ3v) is 5.20. The highest BCUT2D eigenvalue weighted by atomic mass is 127. The first kappa shape index (κ1) is 17.0. The Morgan fingerprint density at radius 3 is 2.79 bits per heavy atom. The van der Waals surface area contributed by atoms with Crippen LogP contribution in [0.2, 0.25) is 0 Å². The van der Waals surface area contributed by atoms with E-state index in [9.17, 15) is 9.59 Å². The minimum atomic E-state index is -0.321. The van der Waals surface area contributed by atoms with E-state index in [0.29, 0.717) is 6.54 Å². The number of rotatable bonds is 4. The monoisotopic (exact) mass is 434 g/mol. The van der Waals surface area contributed by atoms with Crippen LogP contribution in [0.3, 0.4) is 0 Å². The number of nitrogens with one attached hydrogen (secondary N) is 1. The molecule has 1 aliphatic heterocycles. The second kappa shape index (κ2) is 7.34. The topological polar surface area (TPSA) is 49.4 Å². The summed E-state index contributed by atoms with van der Waals surface area (Å²) in [5, 5.41) is 2.94. The maximum absolute atomic E-state index is 12.5. The molecule has 1 atom stereocenters. The Kier molecular flexibility index (Phi) is 5.18. The second-order valence-electron chi connectivity index (χ2n) is 5.90. The maximum Gasteiger partial charge on any atom is 0.229 e. The number of amides is 2. The van der Waals surface area contributed by atoms with Crippen LogP contribution in [0.25, 0.3) is 0 Å². The molecule has 5 heteroatoms. The van der Waals surface area contributed by atoms with Gasteiger partial charge in [-0.05, 0) is 58.8 Å². The van der Waals surface area contributed by atoms with Gasteiger partial charge in [-0.15, -0.1) is 0 Å². The van der Waals surface area contributed by atoms with Crippen LogP contribution >= 0.6 is 22.6 Å². The first-order valence-electron chi connectivity index (χ1n) is 8.03. The highest BCUT2D eigenvalue weighted by Crippen LogP contribution is 2.27. The van der Waals surface area contributed by atoms with Gasteiger partial charge < -0.3 is 10.2 Å². The van der Waals surface area contributed by atoms with Crippen LogP contribution in [0, 0.1) is 9.49 Å². The lowest BCUT2D eigenvalue weighted by atomic mass is 10.1. The summed E-state index contributed by atoms with van der Waals surface area (Å²) in [5.74, 6) is -0.411. The number of nitrogens with zero attached hydrogens (tertiary/aromatic N) is 1. The van der Waals surface area contributed by atoms with E-state index in [-0.39, 0.29) is 24.2 Å². The number of carbonyl (C=O) groups is 2. The molecule has 4 nitrogen and oxygen atoms in total. The molecule has 2 amide bonds. The van der Waals surface area contributed by atoms with Gasteiger partial charge >= 0.3 is 0 Å². The van der Waals surface area contributed by atoms with Crippen LogP contribution in [0.1, 0.15) is 18.9 Å². The zero-order valence-corrected chi connectivity index (χ0v) is 15.6. The Bertz CT molecular complexity index is 775. The third kappa shape index (κ3) is 3.61. The van der Waals surface area contributed by atoms with Gasteiger partial charge in [-0.2, -0.15) is 0 Å². The molecule has 1 N–H and O–H groups in total. The number of aryl methyl sites for hydroxylation is 1. The highest BCUT2D eigenvalue weighted by Gasteiger charge is 2.35. The lowest BCUT2D eigenvalue weighted by Gasteiger charge is -2.17. The van der Waals surface area contributed by atoms with E-state index in [4.69, 9.17) is 0 Å². The molecule has 2 aromatic carbocycles. The Hall–Kier alpha value is -1.89. The van der Waals surface area contributed by atoms with Crippen LogP contribution in [-0.2, 0) is 16.0 Å². The van der Waals surface area contributed by atoms with Gasteiger partial charge in [0.2, 0.25) is 11.8 Å². The molecule has 1 heterocycles. The third-order valence-electron chi connectivity index (χ3n) is 4.26. The fourth-order valence-electron chi connectivity index (χ4n) is 2.87. The molecule has 0 radical (unpaired) electrons. The number of hydrogen-bond donors (Lipinski definition) is 1. The smallest absolute Gasteiger partial charge is 0.229 e. The Morgan fingerprint density at radius 1 is 1.25 bits per heavy atom. The standard InChI is InChI=1S/C19H19IN2O2/c1-2-13-6-5-7-15(10-13)22-12-14(11-18(22)23)19(24)21-17-9-4-3-8-16(17)20/h3-10,14H,2,11-12H2,1H3,(H,21,24)/t14-/m0/s1. The van der Waals surface area contributed by atoms with Crippen molar-refractivity contribution in [2.24, 2.45) is 5.92 Å². The van der Waals surface area contributed by atoms with Crippen molar-refractivity contribution in [3.05, 3.63) is 57.7 Å². The number of carbonyl (C=O) groups excluding carboxylic acids is 2. The predicted molar refractivity (Wildman–Crippen MR) is 104 cm³/mol. The summed E-state index contributed by atoms with van der Waals surface area (Å²) in [6, 6.07) is 15.6. The Balaban J connectivity index is 1.72. The Labute approximate surface area is 155 Å². The number of benzene rings is 2. The van der Waals surface area contributed by atoms with Crippen molar-refractivity contribution in [3.8, 4) is 0 Å². The van der Waals surface area contributed by atoms with E-state index in [2.05, 4.69) is 34.8 Å². The summed E-state index contributed by atoms with van der Waals surface area (Å²) >= 11 is 2.19. The Morgan fingerprint density at radius 2 is 2.04 bits per heavy atom. The van der Waals surface area contributed by atoms with Crippen LogP contribution in [0.15, 0.2) is 48.5 Å². The molecule has 0 spiro atoms. The molecule has 0 aliphatic carbocycles. The lowest BCUT2D eigenvalue weighted by Crippen LogP contribution is -2.28. The predicted octanol–water partition coefficient (Wildman–Crippen LogP) is 3.85. The zero-order chi connectivity index (χ0) is 17.1. The first-order chi connectivity index (χ1) is 11.6. The van der Waals surface area contributed by atoms with Crippen molar-refractivity contribution < 1.29 is 9.59 Å². The summed E-state index contributed by atoms with van der Waals surface area (Å²) in [5.41, 5.74) is 2.86. The molecule has 0 saturated carbocycles. The van der Waals surface area contributed by atoms with Crippen molar-refractivity contribution >= 4 is 45.8 Å². The molecule has 3 rings (SSSR count). The van der Waals surface area contributed by atoms with Crippen molar-refractivity contribution in [1.29, 1.82) is 0 Å². The molecular weight excluding hydrogens is 415 g/mol. The van der Waals surface area contributed by atoms with Crippen LogP contribution in [0.4, 0.5) is 11.4 Å². The molecule has 24 heavy (non-hydrogen) atoms. The fourth-order valence-corrected chi connectivity index (χ4v) is 3.40. The molecule has 124 valence electrons. The van der Waals surface area contributed by atoms with Gasteiger partial charge in [0.25, 0.3) is 0 Å². The van der Waals surface area contributed by atoms with Gasteiger partial charge in [-0.1, -0.05) is 31.2 Å². The van der Waals surface area contributed by atoms with Gasteiger partial charge in [0.05, 0.1) is 11.6 Å². The fraction of sp³-hybridized carbons (Fsp3) is 0.263. The van der Waals surface area contributed by atoms with Crippen molar-refractivity contribution in [2.45, 2.75) is 19.8 Å². The summed E-state index contributed by atoms with van der Waals surface area (Å²) in [4.78, 5) is 26.6. The van der Waals surface area contributed by atoms with Crippen molar-refractivity contribution in [3.63, 3.8) is 0 Å². The van der Waals surface area contributed by atoms with Gasteiger partial charge in [0.1, 0.15) is 0 Å². The number of para-hydroxylation sites is 1. The summed E-state index contributed by atoms with van der Waals surface area (Å²) in [6.07, 6.45) is 1.18. The largest absolute Gasteiger partial charge is 0.325 e. The highest BCUT2D eigenvalue weighted by molar-refractivity contribution is 14.1. The van der Waals surface area contributed by atoms with E-state index in [1.54, 1.807) is 4.90 Å². The first-order valence-corrected chi connectivity index (χ1v) is 9.11.